The molecule has 1 saturated heterocycles. The lowest BCUT2D eigenvalue weighted by Crippen LogP contribution is -2.49. The van der Waals surface area contributed by atoms with Gasteiger partial charge in [0.15, 0.2) is 0 Å². The fourth-order valence-electron chi connectivity index (χ4n) is 4.41. The van der Waals surface area contributed by atoms with Gasteiger partial charge in [0.2, 0.25) is 0 Å². The lowest BCUT2D eigenvalue weighted by atomic mass is 9.85. The summed E-state index contributed by atoms with van der Waals surface area (Å²) in [6, 6.07) is 16.3. The molecule has 0 unspecified atom stereocenters. The van der Waals surface area contributed by atoms with Crippen molar-refractivity contribution in [2.75, 3.05) is 20.3 Å². The summed E-state index contributed by atoms with van der Waals surface area (Å²) < 4.78 is 52.0. The van der Waals surface area contributed by atoms with Crippen LogP contribution in [0.1, 0.15) is 36.9 Å². The number of benzene rings is 3. The van der Waals surface area contributed by atoms with Crippen molar-refractivity contribution in [1.82, 2.24) is 4.90 Å². The number of halogens is 3. The Morgan fingerprint density at radius 3 is 2.29 bits per heavy atom. The monoisotopic (exact) mass is 469 g/mol. The van der Waals surface area contributed by atoms with Gasteiger partial charge in [-0.15, -0.1) is 0 Å². The highest BCUT2D eigenvalue weighted by atomic mass is 19.1. The molecular formula is C27H26F3NO3. The standard InChI is InChI=1S/C27H26F3NO3/c1-18(19-3-5-20(6-4-19)24-12-11-23(29)17-25(24)30)31-15-13-27(14-16-33-2,34-26(31)32)21-7-9-22(28)10-8-21/h3-12,17-18H,13-16H2,1-2H3/t18-,27-/m0/s1. The van der Waals surface area contributed by atoms with Crippen molar-refractivity contribution < 1.29 is 27.4 Å². The zero-order valence-electron chi connectivity index (χ0n) is 19.1. The van der Waals surface area contributed by atoms with Gasteiger partial charge in [0, 0.05) is 38.1 Å². The number of ether oxygens (including phenoxy) is 2. The Kier molecular flexibility index (Phi) is 6.93. The largest absolute Gasteiger partial charge is 0.438 e. The number of cyclic esters (lactones) is 1. The lowest BCUT2D eigenvalue weighted by molar-refractivity contribution is -0.0743. The first-order valence-corrected chi connectivity index (χ1v) is 11.1. The Labute approximate surface area is 196 Å². The lowest BCUT2D eigenvalue weighted by Gasteiger charge is -2.43. The minimum absolute atomic E-state index is 0.284. The summed E-state index contributed by atoms with van der Waals surface area (Å²) in [4.78, 5) is 14.7. The predicted octanol–water partition coefficient (Wildman–Crippen LogP) is 6.61. The van der Waals surface area contributed by atoms with E-state index < -0.39 is 23.3 Å². The highest BCUT2D eigenvalue weighted by Crippen LogP contribution is 2.40. The number of amides is 1. The minimum atomic E-state index is -0.888. The van der Waals surface area contributed by atoms with Gasteiger partial charge in [0.05, 0.1) is 12.6 Å². The summed E-state index contributed by atoms with van der Waals surface area (Å²) in [5.74, 6) is -1.61. The highest BCUT2D eigenvalue weighted by Gasteiger charge is 2.43. The first-order chi connectivity index (χ1) is 16.3. The predicted molar refractivity (Wildman–Crippen MR) is 123 cm³/mol. The smallest absolute Gasteiger partial charge is 0.411 e. The molecule has 3 aromatic carbocycles. The van der Waals surface area contributed by atoms with Crippen LogP contribution in [0.2, 0.25) is 0 Å². The summed E-state index contributed by atoms with van der Waals surface area (Å²) in [5.41, 5.74) is 1.62. The molecule has 2 atom stereocenters. The molecule has 7 heteroatoms. The van der Waals surface area contributed by atoms with Gasteiger partial charge < -0.3 is 14.4 Å². The molecule has 1 amide bonds. The maximum atomic E-state index is 14.1. The summed E-state index contributed by atoms with van der Waals surface area (Å²) in [5, 5.41) is 0. The Bertz CT molecular complexity index is 1150. The van der Waals surface area contributed by atoms with E-state index in [4.69, 9.17) is 9.47 Å². The molecule has 0 radical (unpaired) electrons. The van der Waals surface area contributed by atoms with Crippen molar-refractivity contribution in [2.45, 2.75) is 31.4 Å². The molecule has 4 rings (SSSR count). The Morgan fingerprint density at radius 1 is 1.00 bits per heavy atom. The van der Waals surface area contributed by atoms with Crippen LogP contribution >= 0.6 is 0 Å². The highest BCUT2D eigenvalue weighted by molar-refractivity contribution is 5.70. The van der Waals surface area contributed by atoms with Gasteiger partial charge in [0.1, 0.15) is 23.1 Å². The van der Waals surface area contributed by atoms with E-state index in [1.54, 1.807) is 36.3 Å². The van der Waals surface area contributed by atoms with Crippen LogP contribution in [-0.2, 0) is 15.1 Å². The van der Waals surface area contributed by atoms with Crippen molar-refractivity contribution in [1.29, 1.82) is 0 Å². The van der Waals surface area contributed by atoms with Crippen LogP contribution in [0.4, 0.5) is 18.0 Å². The third kappa shape index (κ3) is 4.80. The molecule has 0 bridgehead atoms. The number of hydrogen-bond donors (Lipinski definition) is 0. The van der Waals surface area contributed by atoms with Gasteiger partial charge in [-0.2, -0.15) is 0 Å². The number of methoxy groups -OCH3 is 1. The molecule has 0 saturated carbocycles. The number of rotatable bonds is 7. The summed E-state index contributed by atoms with van der Waals surface area (Å²) in [6.07, 6.45) is 0.519. The van der Waals surface area contributed by atoms with E-state index >= 15 is 0 Å². The SMILES string of the molecule is COCC[C@]1(c2ccc(F)cc2)CCN([C@@H](C)c2ccc(-c3ccc(F)cc3F)cc2)C(=O)O1. The zero-order valence-corrected chi connectivity index (χ0v) is 19.1. The van der Waals surface area contributed by atoms with E-state index in [1.165, 1.54) is 24.3 Å². The van der Waals surface area contributed by atoms with Gasteiger partial charge in [-0.05, 0) is 47.9 Å². The van der Waals surface area contributed by atoms with Gasteiger partial charge >= 0.3 is 6.09 Å². The second-order valence-electron chi connectivity index (χ2n) is 8.48. The van der Waals surface area contributed by atoms with Crippen LogP contribution in [0.15, 0.2) is 66.7 Å². The van der Waals surface area contributed by atoms with E-state index in [0.717, 1.165) is 17.2 Å². The number of hydrogen-bond acceptors (Lipinski definition) is 3. The first-order valence-electron chi connectivity index (χ1n) is 11.1. The third-order valence-electron chi connectivity index (χ3n) is 6.46. The second kappa shape index (κ2) is 9.89. The maximum Gasteiger partial charge on any atom is 0.411 e. The van der Waals surface area contributed by atoms with Crippen molar-refractivity contribution in [3.63, 3.8) is 0 Å². The molecule has 1 aliphatic rings. The second-order valence-corrected chi connectivity index (χ2v) is 8.48. The van der Waals surface area contributed by atoms with Crippen molar-refractivity contribution in [2.24, 2.45) is 0 Å². The molecule has 178 valence electrons. The summed E-state index contributed by atoms with van der Waals surface area (Å²) in [7, 11) is 1.58. The quantitative estimate of drug-likeness (QED) is 0.391. The number of carbonyl (C=O) groups excluding carboxylic acids is 1. The van der Waals surface area contributed by atoms with Crippen LogP contribution in [0.3, 0.4) is 0 Å². The fraction of sp³-hybridized carbons (Fsp3) is 0.296. The Balaban J connectivity index is 1.52. The molecule has 1 aliphatic heterocycles. The van der Waals surface area contributed by atoms with Gasteiger partial charge in [-0.1, -0.05) is 36.4 Å². The Hall–Kier alpha value is -3.32. The van der Waals surface area contributed by atoms with Crippen LogP contribution < -0.4 is 0 Å². The topological polar surface area (TPSA) is 38.8 Å². The van der Waals surface area contributed by atoms with E-state index in [2.05, 4.69) is 0 Å². The van der Waals surface area contributed by atoms with Crippen molar-refractivity contribution in [3.05, 3.63) is 95.3 Å². The van der Waals surface area contributed by atoms with Crippen molar-refractivity contribution in [3.8, 4) is 11.1 Å². The molecule has 4 nitrogen and oxygen atoms in total. The van der Waals surface area contributed by atoms with Crippen LogP contribution in [0.25, 0.3) is 11.1 Å². The van der Waals surface area contributed by atoms with E-state index in [0.29, 0.717) is 37.1 Å². The average molecular weight is 470 g/mol. The molecule has 0 N–H and O–H groups in total. The molecule has 0 spiro atoms. The summed E-state index contributed by atoms with van der Waals surface area (Å²) >= 11 is 0. The maximum absolute atomic E-state index is 14.1. The normalized spacial score (nSPS) is 19.1. The Morgan fingerprint density at radius 2 is 1.68 bits per heavy atom. The average Bonchev–Trinajstić information content (AvgIpc) is 2.83. The zero-order chi connectivity index (χ0) is 24.3. The molecule has 1 fully saturated rings. The first kappa shape index (κ1) is 23.8. The van der Waals surface area contributed by atoms with Crippen molar-refractivity contribution >= 4 is 6.09 Å². The molecular weight excluding hydrogens is 443 g/mol. The fourth-order valence-corrected chi connectivity index (χ4v) is 4.41. The third-order valence-corrected chi connectivity index (χ3v) is 6.46. The van der Waals surface area contributed by atoms with E-state index in [9.17, 15) is 18.0 Å². The molecule has 3 aromatic rings. The van der Waals surface area contributed by atoms with Gasteiger partial charge in [0.25, 0.3) is 0 Å². The van der Waals surface area contributed by atoms with Crippen LogP contribution in [-0.4, -0.2) is 31.3 Å². The van der Waals surface area contributed by atoms with Crippen LogP contribution in [0, 0.1) is 17.5 Å². The number of carbonyl (C=O) groups is 1. The van der Waals surface area contributed by atoms with E-state index in [-0.39, 0.29) is 11.9 Å². The van der Waals surface area contributed by atoms with Gasteiger partial charge in [-0.25, -0.2) is 18.0 Å². The van der Waals surface area contributed by atoms with Crippen LogP contribution in [0.5, 0.6) is 0 Å². The summed E-state index contributed by atoms with van der Waals surface area (Å²) in [6.45, 7) is 2.73. The van der Waals surface area contributed by atoms with Gasteiger partial charge in [-0.3, -0.25) is 0 Å². The van der Waals surface area contributed by atoms with E-state index in [1.807, 2.05) is 19.1 Å². The molecule has 34 heavy (non-hydrogen) atoms. The molecule has 0 aromatic heterocycles. The number of nitrogens with zero attached hydrogens (tertiary/aromatic N) is 1. The minimum Gasteiger partial charge on any atom is -0.438 e. The molecule has 0 aliphatic carbocycles. The molecule has 1 heterocycles.